The number of rotatable bonds is 9. The van der Waals surface area contributed by atoms with Gasteiger partial charge >= 0.3 is 12.1 Å². The lowest BCUT2D eigenvalue weighted by Crippen LogP contribution is -2.43. The van der Waals surface area contributed by atoms with Crippen LogP contribution >= 0.6 is 0 Å². The second kappa shape index (κ2) is 23.5. The molecule has 0 radical (unpaired) electrons. The third-order valence-electron chi connectivity index (χ3n) is 13.2. The molecule has 366 valence electrons. The van der Waals surface area contributed by atoms with Gasteiger partial charge in [-0.1, -0.05) is 89.1 Å². The fourth-order valence-electron chi connectivity index (χ4n) is 6.79. The molecule has 3 aromatic carbocycles. The van der Waals surface area contributed by atoms with E-state index in [1.54, 1.807) is 24.5 Å². The average molecular weight is 964 g/mol. The molecule has 2 aliphatic rings. The number of halogens is 1. The number of amides is 3. The molecule has 0 bridgehead atoms. The molecule has 0 spiro atoms. The van der Waals surface area contributed by atoms with Crippen molar-refractivity contribution >= 4 is 46.1 Å². The van der Waals surface area contributed by atoms with Crippen LogP contribution in [-0.2, 0) is 0 Å². The number of carbonyl (C=O) groups excluding carboxylic acids is 2. The van der Waals surface area contributed by atoms with E-state index in [4.69, 9.17) is 13.6 Å². The number of piperazine rings is 1. The summed E-state index contributed by atoms with van der Waals surface area (Å²) in [4.78, 5) is 37.3. The topological polar surface area (TPSA) is 130 Å². The summed E-state index contributed by atoms with van der Waals surface area (Å²) >= 11 is 0. The summed E-state index contributed by atoms with van der Waals surface area (Å²) in [5.41, 5.74) is 5.34. The van der Waals surface area contributed by atoms with Crippen LogP contribution < -0.4 is 34.4 Å². The Hall–Kier alpha value is -5.78. The summed E-state index contributed by atoms with van der Waals surface area (Å²) in [5.74, 6) is 2.71. The third-order valence-corrected chi connectivity index (χ3v) is 21.9. The third kappa shape index (κ3) is 16.2. The summed E-state index contributed by atoms with van der Waals surface area (Å²) in [7, 11) is -3.83. The maximum absolute atomic E-state index is 12.8. The Balaban J connectivity index is 0.000000204. The number of ether oxygens (including phenoxy) is 1. The number of likely N-dealkylation sites (tertiary alicyclic amines) is 1. The van der Waals surface area contributed by atoms with E-state index in [0.717, 1.165) is 57.9 Å². The summed E-state index contributed by atoms with van der Waals surface area (Å²) in [6.45, 7) is 32.1. The van der Waals surface area contributed by atoms with Crippen molar-refractivity contribution < 1.29 is 27.6 Å². The molecule has 2 aromatic heterocycles. The molecule has 4 heterocycles. The van der Waals surface area contributed by atoms with Gasteiger partial charge in [0, 0.05) is 45.0 Å². The Morgan fingerprint density at radius 1 is 0.632 bits per heavy atom. The van der Waals surface area contributed by atoms with Gasteiger partial charge in [0.2, 0.25) is 0 Å². The minimum atomic E-state index is -1.93. The van der Waals surface area contributed by atoms with Gasteiger partial charge in [0.15, 0.2) is 0 Å². The second-order valence-corrected chi connectivity index (χ2v) is 30.1. The highest BCUT2D eigenvalue weighted by molar-refractivity contribution is 6.75. The average Bonchev–Trinajstić information content (AvgIpc) is 3.29. The fraction of sp³-hybridized carbons (Fsp3) is 0.434. The van der Waals surface area contributed by atoms with Crippen LogP contribution in [0.15, 0.2) is 109 Å². The Kier molecular flexibility index (Phi) is 18.4. The standard InChI is InChI=1S/C24H35N3O2Si.C18H23FN2O3Si.C11H16N2/c1-18-7-9-19(10-8-18)20-13-15-27(16-14-20)23(28)26-22-12-11-21(17-25-22)29-30(5,6)24(2,3)4;1-18(2,3)25(4,5)24-15-10-11-16(20-12-15)21-17(22)23-14-8-6-13(19)7-9-14;1-10-2-4-11(5-3-10)13-8-6-12-7-9-13/h7-12,17,20H,13-16H2,1-6H3,(H,25,26,28);6-12H,1-5H3,(H,20,21,22);2-5,12H,6-9H2,1H3. The lowest BCUT2D eigenvalue weighted by atomic mass is 9.89. The molecule has 12 nitrogen and oxygen atoms in total. The van der Waals surface area contributed by atoms with E-state index in [1.165, 1.54) is 46.6 Å². The van der Waals surface area contributed by atoms with Crippen molar-refractivity contribution in [3.05, 3.63) is 132 Å². The van der Waals surface area contributed by atoms with E-state index >= 15 is 0 Å². The molecule has 2 aliphatic heterocycles. The van der Waals surface area contributed by atoms with Crippen molar-refractivity contribution in [2.24, 2.45) is 0 Å². The quantitative estimate of drug-likeness (QED) is 0.124. The highest BCUT2D eigenvalue weighted by Gasteiger charge is 2.40. The van der Waals surface area contributed by atoms with Crippen LogP contribution in [0.4, 0.5) is 31.3 Å². The number of pyridine rings is 2. The number of hydrogen-bond donors (Lipinski definition) is 3. The minimum absolute atomic E-state index is 0.0806. The number of nitrogens with one attached hydrogen (secondary N) is 3. The number of piperidine rings is 1. The number of hydrogen-bond acceptors (Lipinski definition) is 9. The zero-order chi connectivity index (χ0) is 49.7. The van der Waals surface area contributed by atoms with Crippen LogP contribution in [0.25, 0.3) is 0 Å². The van der Waals surface area contributed by atoms with Gasteiger partial charge in [0.05, 0.1) is 12.4 Å². The van der Waals surface area contributed by atoms with E-state index < -0.39 is 28.5 Å². The van der Waals surface area contributed by atoms with Gasteiger partial charge in [-0.25, -0.2) is 23.9 Å². The first-order valence-electron chi connectivity index (χ1n) is 23.7. The highest BCUT2D eigenvalue weighted by Crippen LogP contribution is 2.38. The van der Waals surface area contributed by atoms with Gasteiger partial charge in [-0.2, -0.15) is 0 Å². The molecule has 0 aliphatic carbocycles. The second-order valence-electron chi connectivity index (χ2n) is 20.6. The predicted octanol–water partition coefficient (Wildman–Crippen LogP) is 12.8. The van der Waals surface area contributed by atoms with Crippen LogP contribution in [0.5, 0.6) is 17.2 Å². The summed E-state index contributed by atoms with van der Waals surface area (Å²) in [6.07, 6.45) is 4.57. The van der Waals surface area contributed by atoms with E-state index in [9.17, 15) is 14.0 Å². The van der Waals surface area contributed by atoms with Crippen molar-refractivity contribution in [3.63, 3.8) is 0 Å². The first-order chi connectivity index (χ1) is 32.0. The first kappa shape index (κ1) is 53.2. The zero-order valence-corrected chi connectivity index (χ0v) is 44.3. The Morgan fingerprint density at radius 3 is 1.54 bits per heavy atom. The van der Waals surface area contributed by atoms with Crippen molar-refractivity contribution in [2.75, 3.05) is 54.8 Å². The number of anilines is 3. The van der Waals surface area contributed by atoms with Gasteiger partial charge in [-0.15, -0.1) is 0 Å². The molecule has 68 heavy (non-hydrogen) atoms. The summed E-state index contributed by atoms with van der Waals surface area (Å²) in [5, 5.41) is 9.01. The molecule has 0 saturated carbocycles. The zero-order valence-electron chi connectivity index (χ0n) is 42.3. The minimum Gasteiger partial charge on any atom is -0.542 e. The van der Waals surface area contributed by atoms with Gasteiger partial charge in [0.25, 0.3) is 16.6 Å². The lowest BCUT2D eigenvalue weighted by Gasteiger charge is -2.36. The Bertz CT molecular complexity index is 2340. The first-order valence-corrected chi connectivity index (χ1v) is 29.5. The molecule has 2 saturated heterocycles. The van der Waals surface area contributed by atoms with Gasteiger partial charge in [-0.3, -0.25) is 10.6 Å². The number of aryl methyl sites for hydroxylation is 2. The SMILES string of the molecule is CC(C)(C)[Si](C)(C)Oc1ccc(NC(=O)Oc2ccc(F)cc2)nc1.Cc1ccc(C2CCN(C(=O)Nc3ccc(O[Si](C)(C)C(C)(C)C)cn3)CC2)cc1.Cc1ccc(N2CCNCC2)cc1. The smallest absolute Gasteiger partial charge is 0.418 e. The lowest BCUT2D eigenvalue weighted by molar-refractivity contribution is 0.194. The van der Waals surface area contributed by atoms with Crippen LogP contribution in [-0.4, -0.2) is 82.9 Å². The maximum Gasteiger partial charge on any atom is 0.418 e. The van der Waals surface area contributed by atoms with Crippen molar-refractivity contribution in [3.8, 4) is 17.2 Å². The normalized spacial score (nSPS) is 14.6. The van der Waals surface area contributed by atoms with Crippen LogP contribution in [0.1, 0.15) is 77.0 Å². The molecule has 0 atom stereocenters. The number of aromatic nitrogens is 2. The molecular formula is C53H74FN7O5Si2. The summed E-state index contributed by atoms with van der Waals surface area (Å²) in [6, 6.07) is 29.8. The molecular weight excluding hydrogens is 890 g/mol. The predicted molar refractivity (Wildman–Crippen MR) is 280 cm³/mol. The van der Waals surface area contributed by atoms with Gasteiger partial charge in [-0.05, 0) is 135 Å². The van der Waals surface area contributed by atoms with Crippen molar-refractivity contribution in [2.45, 2.75) is 110 Å². The van der Waals surface area contributed by atoms with E-state index in [0.29, 0.717) is 23.3 Å². The van der Waals surface area contributed by atoms with Crippen LogP contribution in [0.3, 0.4) is 0 Å². The summed E-state index contributed by atoms with van der Waals surface area (Å²) < 4.78 is 30.3. The molecule has 3 N–H and O–H groups in total. The highest BCUT2D eigenvalue weighted by atomic mass is 28.4. The Labute approximate surface area is 406 Å². The molecule has 0 unspecified atom stereocenters. The molecule has 7 rings (SSSR count). The largest absolute Gasteiger partial charge is 0.542 e. The monoisotopic (exact) mass is 964 g/mol. The van der Waals surface area contributed by atoms with Crippen molar-refractivity contribution in [1.82, 2.24) is 20.2 Å². The molecule has 2 fully saturated rings. The maximum atomic E-state index is 12.8. The Morgan fingerprint density at radius 2 is 1.09 bits per heavy atom. The van der Waals surface area contributed by atoms with Crippen molar-refractivity contribution in [1.29, 1.82) is 0 Å². The molecule has 3 amide bonds. The molecule has 5 aromatic rings. The molecule has 15 heteroatoms. The van der Waals surface area contributed by atoms with Gasteiger partial charge in [0.1, 0.15) is 34.7 Å². The van der Waals surface area contributed by atoms with E-state index in [1.807, 2.05) is 17.0 Å². The van der Waals surface area contributed by atoms with Gasteiger partial charge < -0.3 is 28.7 Å². The van der Waals surface area contributed by atoms with Crippen LogP contribution in [0, 0.1) is 19.7 Å². The van der Waals surface area contributed by atoms with Crippen LogP contribution in [0.2, 0.25) is 36.3 Å². The number of nitrogens with zero attached hydrogens (tertiary/aromatic N) is 4. The number of urea groups is 1. The van der Waals surface area contributed by atoms with E-state index in [2.05, 4.69) is 161 Å². The number of carbonyl (C=O) groups is 2. The van der Waals surface area contributed by atoms with E-state index in [-0.39, 0.29) is 21.9 Å². The fourth-order valence-corrected chi connectivity index (χ4v) is 8.82. The number of benzene rings is 3.